The lowest BCUT2D eigenvalue weighted by atomic mass is 9.86. The smallest absolute Gasteiger partial charge is 0.123 e. The first-order chi connectivity index (χ1) is 9.88. The van der Waals surface area contributed by atoms with Crippen LogP contribution in [0.2, 0.25) is 0 Å². The molecule has 0 saturated heterocycles. The number of aromatic hydroxyl groups is 1. The van der Waals surface area contributed by atoms with E-state index >= 15 is 0 Å². The highest BCUT2D eigenvalue weighted by molar-refractivity contribution is 5.71. The summed E-state index contributed by atoms with van der Waals surface area (Å²) in [5.41, 5.74) is 3.49. The van der Waals surface area contributed by atoms with E-state index in [9.17, 15) is 5.11 Å². The van der Waals surface area contributed by atoms with Crippen molar-refractivity contribution in [2.24, 2.45) is 0 Å². The van der Waals surface area contributed by atoms with Crippen molar-refractivity contribution in [3.63, 3.8) is 0 Å². The highest BCUT2D eigenvalue weighted by atomic mass is 16.5. The minimum atomic E-state index is 0.137. The minimum absolute atomic E-state index is 0.137. The first kappa shape index (κ1) is 15.2. The van der Waals surface area contributed by atoms with E-state index in [1.807, 2.05) is 18.2 Å². The molecule has 0 bridgehead atoms. The maximum atomic E-state index is 9.66. The van der Waals surface area contributed by atoms with Crippen molar-refractivity contribution in [1.29, 1.82) is 0 Å². The van der Waals surface area contributed by atoms with Gasteiger partial charge >= 0.3 is 0 Å². The van der Waals surface area contributed by atoms with Gasteiger partial charge in [0, 0.05) is 6.07 Å². The van der Waals surface area contributed by atoms with E-state index in [2.05, 4.69) is 45.0 Å². The van der Waals surface area contributed by atoms with Gasteiger partial charge in [-0.3, -0.25) is 0 Å². The molecule has 0 radical (unpaired) electrons. The number of hydrogen-bond acceptors (Lipinski definition) is 2. The zero-order valence-corrected chi connectivity index (χ0v) is 13.1. The number of hydrogen-bond donors (Lipinski definition) is 1. The van der Waals surface area contributed by atoms with E-state index in [0.29, 0.717) is 5.75 Å². The summed E-state index contributed by atoms with van der Waals surface area (Å²) in [6.07, 6.45) is 4.02. The van der Waals surface area contributed by atoms with Gasteiger partial charge in [-0.1, -0.05) is 57.2 Å². The molecule has 2 heteroatoms. The monoisotopic (exact) mass is 282 g/mol. The third kappa shape index (κ3) is 4.12. The molecule has 0 unspecified atom stereocenters. The molecule has 1 N–H and O–H groups in total. The molecule has 2 aromatic rings. The lowest BCUT2D eigenvalue weighted by Gasteiger charge is -2.19. The van der Waals surface area contributed by atoms with Crippen LogP contribution in [0.1, 0.15) is 37.5 Å². The molecule has 0 atom stereocenters. The second-order valence-electron chi connectivity index (χ2n) is 6.17. The third-order valence-electron chi connectivity index (χ3n) is 3.37. The largest absolute Gasteiger partial charge is 0.508 e. The standard InChI is InChI=1S/C19H22O2/c1-19(2,3)16-7-5-6-14(10-16)8-9-15-11-17(20)13-18(12-15)21-4/h5-13,20H,1-4H3. The number of benzene rings is 2. The van der Waals surface area contributed by atoms with Crippen molar-refractivity contribution in [2.75, 3.05) is 7.11 Å². The lowest BCUT2D eigenvalue weighted by Crippen LogP contribution is -2.10. The minimum Gasteiger partial charge on any atom is -0.508 e. The van der Waals surface area contributed by atoms with Gasteiger partial charge < -0.3 is 9.84 Å². The Hall–Kier alpha value is -2.22. The summed E-state index contributed by atoms with van der Waals surface area (Å²) in [6.45, 7) is 6.61. The van der Waals surface area contributed by atoms with Crippen LogP contribution in [-0.4, -0.2) is 12.2 Å². The van der Waals surface area contributed by atoms with Crippen LogP contribution in [0.25, 0.3) is 12.2 Å². The van der Waals surface area contributed by atoms with E-state index in [1.54, 1.807) is 19.2 Å². The maximum Gasteiger partial charge on any atom is 0.123 e. The van der Waals surface area contributed by atoms with Gasteiger partial charge in [-0.05, 0) is 34.2 Å². The van der Waals surface area contributed by atoms with Gasteiger partial charge in [0.2, 0.25) is 0 Å². The van der Waals surface area contributed by atoms with Crippen molar-refractivity contribution in [1.82, 2.24) is 0 Å². The predicted octanol–water partition coefficient (Wildman–Crippen LogP) is 4.87. The number of phenols is 1. The summed E-state index contributed by atoms with van der Waals surface area (Å²) >= 11 is 0. The first-order valence-corrected chi connectivity index (χ1v) is 7.05. The summed E-state index contributed by atoms with van der Waals surface area (Å²) in [5.74, 6) is 0.857. The molecular weight excluding hydrogens is 260 g/mol. The fourth-order valence-electron chi connectivity index (χ4n) is 2.12. The summed E-state index contributed by atoms with van der Waals surface area (Å²) in [7, 11) is 1.59. The number of ether oxygens (including phenoxy) is 1. The summed E-state index contributed by atoms with van der Waals surface area (Å²) < 4.78 is 5.16. The van der Waals surface area contributed by atoms with Gasteiger partial charge in [0.15, 0.2) is 0 Å². The zero-order chi connectivity index (χ0) is 15.5. The Morgan fingerprint density at radius 2 is 1.67 bits per heavy atom. The molecule has 110 valence electrons. The van der Waals surface area contributed by atoms with Crippen molar-refractivity contribution < 1.29 is 9.84 Å². The molecule has 0 saturated carbocycles. The molecule has 0 aliphatic heterocycles. The van der Waals surface area contributed by atoms with E-state index < -0.39 is 0 Å². The summed E-state index contributed by atoms with van der Waals surface area (Å²) in [5, 5.41) is 9.66. The molecule has 0 aliphatic rings. The maximum absolute atomic E-state index is 9.66. The van der Waals surface area contributed by atoms with E-state index in [0.717, 1.165) is 11.1 Å². The Bertz CT molecular complexity index is 649. The van der Waals surface area contributed by atoms with Crippen LogP contribution in [-0.2, 0) is 5.41 Å². The highest BCUT2D eigenvalue weighted by Crippen LogP contribution is 2.25. The summed E-state index contributed by atoms with van der Waals surface area (Å²) in [6, 6.07) is 13.7. The van der Waals surface area contributed by atoms with Gasteiger partial charge in [-0.25, -0.2) is 0 Å². The molecule has 0 aliphatic carbocycles. The average molecular weight is 282 g/mol. The van der Waals surface area contributed by atoms with Gasteiger partial charge in [-0.15, -0.1) is 0 Å². The van der Waals surface area contributed by atoms with Gasteiger partial charge in [-0.2, -0.15) is 0 Å². The van der Waals surface area contributed by atoms with Crippen LogP contribution in [0.15, 0.2) is 42.5 Å². The van der Waals surface area contributed by atoms with Gasteiger partial charge in [0.25, 0.3) is 0 Å². The van der Waals surface area contributed by atoms with Gasteiger partial charge in [0.1, 0.15) is 11.5 Å². The molecule has 0 spiro atoms. The predicted molar refractivity (Wildman–Crippen MR) is 88.7 cm³/mol. The Labute approximate surface area is 126 Å². The molecule has 0 heterocycles. The average Bonchev–Trinajstić information content (AvgIpc) is 2.44. The summed E-state index contributed by atoms with van der Waals surface area (Å²) in [4.78, 5) is 0. The Morgan fingerprint density at radius 1 is 0.952 bits per heavy atom. The molecule has 0 amide bonds. The fourth-order valence-corrected chi connectivity index (χ4v) is 2.12. The lowest BCUT2D eigenvalue weighted by molar-refractivity contribution is 0.407. The molecule has 0 aromatic heterocycles. The van der Waals surface area contributed by atoms with E-state index in [1.165, 1.54) is 5.56 Å². The molecule has 2 rings (SSSR count). The first-order valence-electron chi connectivity index (χ1n) is 7.05. The zero-order valence-electron chi connectivity index (χ0n) is 13.1. The highest BCUT2D eigenvalue weighted by Gasteiger charge is 2.12. The van der Waals surface area contributed by atoms with Crippen molar-refractivity contribution in [3.8, 4) is 11.5 Å². The Morgan fingerprint density at radius 3 is 2.33 bits per heavy atom. The third-order valence-corrected chi connectivity index (χ3v) is 3.37. The van der Waals surface area contributed by atoms with Crippen molar-refractivity contribution >= 4 is 12.2 Å². The second kappa shape index (κ2) is 6.04. The van der Waals surface area contributed by atoms with E-state index in [4.69, 9.17) is 4.74 Å². The Balaban J connectivity index is 2.27. The molecule has 2 aromatic carbocycles. The molecule has 21 heavy (non-hydrogen) atoms. The second-order valence-corrected chi connectivity index (χ2v) is 6.17. The molecule has 0 fully saturated rings. The van der Waals surface area contributed by atoms with Crippen LogP contribution < -0.4 is 4.74 Å². The fraction of sp³-hybridized carbons (Fsp3) is 0.263. The van der Waals surface area contributed by atoms with Crippen molar-refractivity contribution in [2.45, 2.75) is 26.2 Å². The Kier molecular flexibility index (Phi) is 4.37. The SMILES string of the molecule is COc1cc(O)cc(C=Cc2cccc(C(C)(C)C)c2)c1. The van der Waals surface area contributed by atoms with Gasteiger partial charge in [0.05, 0.1) is 7.11 Å². The van der Waals surface area contributed by atoms with E-state index in [-0.39, 0.29) is 11.2 Å². The number of phenolic OH excluding ortho intramolecular Hbond substituents is 1. The number of methoxy groups -OCH3 is 1. The van der Waals surface area contributed by atoms with Crippen LogP contribution >= 0.6 is 0 Å². The van der Waals surface area contributed by atoms with Crippen LogP contribution in [0.4, 0.5) is 0 Å². The number of rotatable bonds is 3. The van der Waals surface area contributed by atoms with Crippen molar-refractivity contribution in [3.05, 3.63) is 59.2 Å². The van der Waals surface area contributed by atoms with Crippen LogP contribution in [0, 0.1) is 0 Å². The van der Waals surface area contributed by atoms with Crippen LogP contribution in [0.3, 0.4) is 0 Å². The topological polar surface area (TPSA) is 29.5 Å². The quantitative estimate of drug-likeness (QED) is 0.814. The normalized spacial score (nSPS) is 11.8. The molecular formula is C19H22O2. The molecule has 2 nitrogen and oxygen atoms in total. The van der Waals surface area contributed by atoms with Crippen LogP contribution in [0.5, 0.6) is 11.5 Å².